The third kappa shape index (κ3) is 1.91. The predicted molar refractivity (Wildman–Crippen MR) is 56.0 cm³/mol. The molecular weight excluding hydrogens is 230 g/mol. The molecule has 86 valence electrons. The number of carbonyl (C=O) groups is 1. The van der Waals surface area contributed by atoms with Crippen LogP contribution in [0, 0.1) is 0 Å². The van der Waals surface area contributed by atoms with Gasteiger partial charge in [0.2, 0.25) is 5.91 Å². The summed E-state index contributed by atoms with van der Waals surface area (Å²) in [7, 11) is -3.73. The maximum atomic E-state index is 12.0. The number of hydrogen-bond acceptors (Lipinski definition) is 5. The molecule has 1 aliphatic rings. The second-order valence-electron chi connectivity index (χ2n) is 3.34. The molecule has 1 aliphatic heterocycles. The molecule has 6 nitrogen and oxygen atoms in total. The Morgan fingerprint density at radius 3 is 2.88 bits per heavy atom. The highest BCUT2D eigenvalue weighted by molar-refractivity contribution is 7.89. The average molecular weight is 241 g/mol. The van der Waals surface area contributed by atoms with E-state index in [1.807, 2.05) is 0 Å². The minimum absolute atomic E-state index is 0.0465. The third-order valence-electron chi connectivity index (χ3n) is 2.27. The van der Waals surface area contributed by atoms with E-state index in [1.54, 1.807) is 0 Å². The SMILES string of the molecule is O=C1CNCCN1S(=O)(=O)c1cccnc1. The van der Waals surface area contributed by atoms with Crippen molar-refractivity contribution < 1.29 is 13.2 Å². The topological polar surface area (TPSA) is 79.4 Å². The van der Waals surface area contributed by atoms with Gasteiger partial charge in [-0.2, -0.15) is 0 Å². The Morgan fingerprint density at radius 2 is 2.25 bits per heavy atom. The summed E-state index contributed by atoms with van der Waals surface area (Å²) in [5, 5.41) is 2.82. The number of aromatic nitrogens is 1. The van der Waals surface area contributed by atoms with Crippen LogP contribution in [0.25, 0.3) is 0 Å². The van der Waals surface area contributed by atoms with Crippen LogP contribution in [0.4, 0.5) is 0 Å². The molecule has 16 heavy (non-hydrogen) atoms. The lowest BCUT2D eigenvalue weighted by Gasteiger charge is -2.26. The summed E-state index contributed by atoms with van der Waals surface area (Å²) in [6, 6.07) is 2.96. The number of hydrogen-bond donors (Lipinski definition) is 1. The van der Waals surface area contributed by atoms with Crippen LogP contribution in [0.1, 0.15) is 0 Å². The molecule has 1 fully saturated rings. The summed E-state index contributed by atoms with van der Waals surface area (Å²) in [5.74, 6) is -0.435. The smallest absolute Gasteiger partial charge is 0.268 e. The van der Waals surface area contributed by atoms with Gasteiger partial charge in [-0.15, -0.1) is 0 Å². The second kappa shape index (κ2) is 4.18. The maximum Gasteiger partial charge on any atom is 0.268 e. The van der Waals surface area contributed by atoms with Crippen molar-refractivity contribution in [2.75, 3.05) is 19.6 Å². The molecule has 0 aromatic carbocycles. The van der Waals surface area contributed by atoms with Crippen LogP contribution in [0.2, 0.25) is 0 Å². The van der Waals surface area contributed by atoms with Crippen LogP contribution in [-0.4, -0.2) is 43.2 Å². The quantitative estimate of drug-likeness (QED) is 0.733. The van der Waals surface area contributed by atoms with Crippen LogP contribution in [0.5, 0.6) is 0 Å². The molecule has 7 heteroatoms. The van der Waals surface area contributed by atoms with Gasteiger partial charge in [0.05, 0.1) is 6.54 Å². The average Bonchev–Trinajstić information content (AvgIpc) is 2.30. The molecule has 0 saturated carbocycles. The first kappa shape index (κ1) is 11.0. The number of carbonyl (C=O) groups excluding carboxylic acids is 1. The van der Waals surface area contributed by atoms with Gasteiger partial charge in [-0.1, -0.05) is 0 Å². The Hall–Kier alpha value is -1.47. The van der Waals surface area contributed by atoms with Gasteiger partial charge in [0.15, 0.2) is 0 Å². The van der Waals surface area contributed by atoms with E-state index in [1.165, 1.54) is 24.5 Å². The van der Waals surface area contributed by atoms with E-state index in [9.17, 15) is 13.2 Å². The lowest BCUT2D eigenvalue weighted by molar-refractivity contribution is -0.126. The second-order valence-corrected chi connectivity index (χ2v) is 5.20. The zero-order valence-electron chi connectivity index (χ0n) is 8.46. The number of nitrogens with zero attached hydrogens (tertiary/aromatic N) is 2. The minimum atomic E-state index is -3.73. The Balaban J connectivity index is 2.35. The van der Waals surface area contributed by atoms with Crippen LogP contribution >= 0.6 is 0 Å². The van der Waals surface area contributed by atoms with Gasteiger partial charge in [0.1, 0.15) is 4.90 Å². The van der Waals surface area contributed by atoms with Crippen molar-refractivity contribution >= 4 is 15.9 Å². The van der Waals surface area contributed by atoms with Crippen molar-refractivity contribution in [2.24, 2.45) is 0 Å². The first-order valence-electron chi connectivity index (χ1n) is 4.79. The molecule has 1 saturated heterocycles. The number of rotatable bonds is 2. The first-order valence-corrected chi connectivity index (χ1v) is 6.23. The van der Waals surface area contributed by atoms with Crippen LogP contribution in [0.15, 0.2) is 29.4 Å². The van der Waals surface area contributed by atoms with Crippen LogP contribution in [0.3, 0.4) is 0 Å². The first-order chi connectivity index (χ1) is 7.62. The van der Waals surface area contributed by atoms with Gasteiger partial charge in [0, 0.05) is 25.5 Å². The number of piperazine rings is 1. The highest BCUT2D eigenvalue weighted by Gasteiger charge is 2.30. The van der Waals surface area contributed by atoms with E-state index >= 15 is 0 Å². The Morgan fingerprint density at radius 1 is 1.44 bits per heavy atom. The molecule has 2 rings (SSSR count). The normalized spacial score (nSPS) is 17.5. The highest BCUT2D eigenvalue weighted by Crippen LogP contribution is 2.14. The summed E-state index contributed by atoms with van der Waals surface area (Å²) in [6.07, 6.45) is 2.73. The monoisotopic (exact) mass is 241 g/mol. The molecule has 2 heterocycles. The van der Waals surface area contributed by atoms with E-state index in [4.69, 9.17) is 0 Å². The fourth-order valence-electron chi connectivity index (χ4n) is 1.47. The molecule has 1 N–H and O–H groups in total. The van der Waals surface area contributed by atoms with Crippen molar-refractivity contribution in [2.45, 2.75) is 4.90 Å². The summed E-state index contributed by atoms with van der Waals surface area (Å²) in [5.41, 5.74) is 0. The minimum Gasteiger partial charge on any atom is -0.307 e. The molecule has 1 amide bonds. The Kier molecular flexibility index (Phi) is 2.88. The molecule has 0 spiro atoms. The predicted octanol–water partition coefficient (Wildman–Crippen LogP) is -0.798. The van der Waals surface area contributed by atoms with E-state index in [-0.39, 0.29) is 18.0 Å². The van der Waals surface area contributed by atoms with Gasteiger partial charge in [-0.25, -0.2) is 12.7 Å². The number of nitrogens with one attached hydrogen (secondary N) is 1. The lowest BCUT2D eigenvalue weighted by Crippen LogP contribution is -2.50. The van der Waals surface area contributed by atoms with E-state index in [2.05, 4.69) is 10.3 Å². The number of amides is 1. The summed E-state index contributed by atoms with van der Waals surface area (Å²) in [6.45, 7) is 0.695. The van der Waals surface area contributed by atoms with Gasteiger partial charge >= 0.3 is 0 Å². The van der Waals surface area contributed by atoms with Crippen molar-refractivity contribution in [3.63, 3.8) is 0 Å². The van der Waals surface area contributed by atoms with E-state index in [0.717, 1.165) is 4.31 Å². The van der Waals surface area contributed by atoms with Gasteiger partial charge in [0.25, 0.3) is 10.0 Å². The summed E-state index contributed by atoms with van der Waals surface area (Å²) in [4.78, 5) is 15.3. The molecule has 1 aromatic rings. The molecule has 0 bridgehead atoms. The van der Waals surface area contributed by atoms with E-state index in [0.29, 0.717) is 6.54 Å². The van der Waals surface area contributed by atoms with Crippen molar-refractivity contribution in [1.82, 2.24) is 14.6 Å². The molecule has 0 unspecified atom stereocenters. The Labute approximate surface area is 93.3 Å². The molecule has 0 radical (unpaired) electrons. The van der Waals surface area contributed by atoms with Gasteiger partial charge < -0.3 is 5.32 Å². The zero-order chi connectivity index (χ0) is 11.6. The fourth-order valence-corrected chi connectivity index (χ4v) is 2.83. The molecular formula is C9H11N3O3S. The van der Waals surface area contributed by atoms with E-state index < -0.39 is 15.9 Å². The highest BCUT2D eigenvalue weighted by atomic mass is 32.2. The lowest BCUT2D eigenvalue weighted by atomic mass is 10.4. The van der Waals surface area contributed by atoms with Crippen LogP contribution < -0.4 is 5.32 Å². The van der Waals surface area contributed by atoms with Crippen molar-refractivity contribution in [3.8, 4) is 0 Å². The number of pyridine rings is 1. The fraction of sp³-hybridized carbons (Fsp3) is 0.333. The molecule has 0 aliphatic carbocycles. The van der Waals surface area contributed by atoms with Crippen molar-refractivity contribution in [1.29, 1.82) is 0 Å². The number of sulfonamides is 1. The third-order valence-corrected chi connectivity index (χ3v) is 4.07. The standard InChI is InChI=1S/C9H11N3O3S/c13-9-7-11-4-5-12(9)16(14,15)8-2-1-3-10-6-8/h1-3,6,11H,4-5,7H2. The van der Waals surface area contributed by atoms with Crippen molar-refractivity contribution in [3.05, 3.63) is 24.5 Å². The molecule has 0 atom stereocenters. The Bertz CT molecular complexity index is 486. The maximum absolute atomic E-state index is 12.0. The van der Waals surface area contributed by atoms with Gasteiger partial charge in [-0.05, 0) is 12.1 Å². The zero-order valence-corrected chi connectivity index (χ0v) is 9.27. The van der Waals surface area contributed by atoms with Gasteiger partial charge in [-0.3, -0.25) is 9.78 Å². The summed E-state index contributed by atoms with van der Waals surface area (Å²) >= 11 is 0. The summed E-state index contributed by atoms with van der Waals surface area (Å²) < 4.78 is 25.0. The van der Waals surface area contributed by atoms with Crippen LogP contribution in [-0.2, 0) is 14.8 Å². The molecule has 1 aromatic heterocycles. The largest absolute Gasteiger partial charge is 0.307 e.